The van der Waals surface area contributed by atoms with Crippen LogP contribution in [0.3, 0.4) is 0 Å². The van der Waals surface area contributed by atoms with E-state index in [-0.39, 0.29) is 9.92 Å². The summed E-state index contributed by atoms with van der Waals surface area (Å²) in [4.78, 5) is 0.134. The smallest absolute Gasteiger partial charge is 0.240 e. The van der Waals surface area contributed by atoms with Gasteiger partial charge in [-0.15, -0.1) is 0 Å². The minimum Gasteiger partial charge on any atom is -0.398 e. The number of halogens is 1. The molecule has 0 spiro atoms. The molecule has 0 amide bonds. The Morgan fingerprint density at radius 1 is 1.47 bits per heavy atom. The second-order valence-corrected chi connectivity index (χ2v) is 6.77. The molecule has 7 heteroatoms. The molecule has 0 radical (unpaired) electrons. The van der Waals surface area contributed by atoms with Crippen molar-refractivity contribution < 1.29 is 13.2 Å². The highest BCUT2D eigenvalue weighted by Crippen LogP contribution is 2.22. The maximum absolute atomic E-state index is 12.0. The van der Waals surface area contributed by atoms with E-state index >= 15 is 0 Å². The summed E-state index contributed by atoms with van der Waals surface area (Å²) in [7, 11) is -3.52. The maximum atomic E-state index is 12.0. The molecule has 2 rings (SSSR count). The summed E-state index contributed by atoms with van der Waals surface area (Å²) in [5.74, 6) is 0.442. The summed E-state index contributed by atoms with van der Waals surface area (Å²) in [6.07, 6.45) is 1.78. The Morgan fingerprint density at radius 3 is 2.89 bits per heavy atom. The number of ether oxygens (including phenoxy) is 1. The molecule has 1 saturated heterocycles. The quantitative estimate of drug-likeness (QED) is 0.810. The van der Waals surface area contributed by atoms with Gasteiger partial charge in [-0.25, -0.2) is 13.1 Å². The highest BCUT2D eigenvalue weighted by atomic mass is 35.5. The molecular weight excluding hydrogens is 288 g/mol. The Hall–Kier alpha value is -0.820. The topological polar surface area (TPSA) is 81.4 Å². The van der Waals surface area contributed by atoms with E-state index in [0.717, 1.165) is 26.1 Å². The van der Waals surface area contributed by atoms with Crippen molar-refractivity contribution in [3.05, 3.63) is 23.2 Å². The van der Waals surface area contributed by atoms with Crippen LogP contribution in [-0.2, 0) is 14.8 Å². The van der Waals surface area contributed by atoms with Crippen LogP contribution >= 0.6 is 11.6 Å². The molecular formula is C12H17ClN2O3S. The largest absolute Gasteiger partial charge is 0.398 e. The summed E-state index contributed by atoms with van der Waals surface area (Å²) < 4.78 is 31.9. The molecule has 1 fully saturated rings. The first kappa shape index (κ1) is 14.6. The van der Waals surface area contributed by atoms with Crippen LogP contribution in [-0.4, -0.2) is 28.2 Å². The lowest BCUT2D eigenvalue weighted by molar-refractivity contribution is 0.184. The van der Waals surface area contributed by atoms with Crippen molar-refractivity contribution in [2.75, 3.05) is 25.5 Å². The van der Waals surface area contributed by atoms with Crippen molar-refractivity contribution in [1.82, 2.24) is 4.72 Å². The summed E-state index contributed by atoms with van der Waals surface area (Å²) in [6, 6.07) is 4.29. The Bertz CT molecular complexity index is 542. The lowest BCUT2D eigenvalue weighted by Crippen LogP contribution is -2.26. The molecule has 0 aliphatic carbocycles. The third-order valence-corrected chi connectivity index (χ3v) is 4.94. The molecule has 1 atom stereocenters. The molecule has 1 unspecified atom stereocenters. The first-order valence-corrected chi connectivity index (χ1v) is 7.97. The molecule has 1 aromatic rings. The number of sulfonamides is 1. The first-order chi connectivity index (χ1) is 8.99. The Morgan fingerprint density at radius 2 is 2.26 bits per heavy atom. The molecule has 0 saturated carbocycles. The molecule has 1 aliphatic rings. The van der Waals surface area contributed by atoms with Crippen LogP contribution in [0.2, 0.25) is 5.02 Å². The highest BCUT2D eigenvalue weighted by Gasteiger charge is 2.18. The normalized spacial score (nSPS) is 19.7. The predicted octanol–water partition coefficient (Wildman–Crippen LogP) is 1.63. The van der Waals surface area contributed by atoms with E-state index in [1.54, 1.807) is 0 Å². The fourth-order valence-corrected chi connectivity index (χ4v) is 3.29. The number of nitrogens with one attached hydrogen (secondary N) is 1. The molecule has 5 nitrogen and oxygen atoms in total. The van der Waals surface area contributed by atoms with E-state index in [1.165, 1.54) is 18.2 Å². The zero-order valence-electron chi connectivity index (χ0n) is 10.4. The lowest BCUT2D eigenvalue weighted by Gasteiger charge is -2.10. The van der Waals surface area contributed by atoms with Gasteiger partial charge in [0.2, 0.25) is 10.0 Å². The standard InChI is InChI=1S/C12H17ClN2O3S/c13-11-7-10(1-2-12(11)14)19(16,17)15-5-3-9-4-6-18-8-9/h1-2,7,9,15H,3-6,8,14H2. The molecule has 1 heterocycles. The van der Waals surface area contributed by atoms with Gasteiger partial charge in [0, 0.05) is 19.8 Å². The van der Waals surface area contributed by atoms with Crippen molar-refractivity contribution in [2.24, 2.45) is 5.92 Å². The zero-order chi connectivity index (χ0) is 13.9. The molecule has 1 aromatic carbocycles. The van der Waals surface area contributed by atoms with E-state index < -0.39 is 10.0 Å². The van der Waals surface area contributed by atoms with E-state index in [9.17, 15) is 8.42 Å². The van der Waals surface area contributed by atoms with Crippen LogP contribution in [0.4, 0.5) is 5.69 Å². The van der Waals surface area contributed by atoms with Crippen molar-refractivity contribution in [3.8, 4) is 0 Å². The van der Waals surface area contributed by atoms with E-state index in [2.05, 4.69) is 4.72 Å². The van der Waals surface area contributed by atoms with Crippen LogP contribution in [0.15, 0.2) is 23.1 Å². The number of nitrogen functional groups attached to an aromatic ring is 1. The zero-order valence-corrected chi connectivity index (χ0v) is 12.0. The van der Waals surface area contributed by atoms with Crippen LogP contribution in [0, 0.1) is 5.92 Å². The number of hydrogen-bond donors (Lipinski definition) is 2. The Labute approximate surface area is 118 Å². The Kier molecular flexibility index (Phi) is 4.67. The van der Waals surface area contributed by atoms with E-state index in [0.29, 0.717) is 18.2 Å². The van der Waals surface area contributed by atoms with Crippen LogP contribution in [0.25, 0.3) is 0 Å². The molecule has 0 bridgehead atoms. The summed E-state index contributed by atoms with van der Waals surface area (Å²) >= 11 is 5.82. The fourth-order valence-electron chi connectivity index (χ4n) is 1.97. The molecule has 106 valence electrons. The average Bonchev–Trinajstić information content (AvgIpc) is 2.85. The van der Waals surface area contributed by atoms with Crippen molar-refractivity contribution in [2.45, 2.75) is 17.7 Å². The van der Waals surface area contributed by atoms with Gasteiger partial charge in [0.25, 0.3) is 0 Å². The average molecular weight is 305 g/mol. The van der Waals surface area contributed by atoms with Gasteiger partial charge in [-0.1, -0.05) is 11.6 Å². The van der Waals surface area contributed by atoms with Crippen LogP contribution < -0.4 is 10.5 Å². The van der Waals surface area contributed by atoms with Gasteiger partial charge in [0.15, 0.2) is 0 Å². The van der Waals surface area contributed by atoms with Gasteiger partial charge in [-0.2, -0.15) is 0 Å². The number of benzene rings is 1. The third-order valence-electron chi connectivity index (χ3n) is 3.15. The van der Waals surface area contributed by atoms with Crippen molar-refractivity contribution >= 4 is 27.3 Å². The number of nitrogens with two attached hydrogens (primary N) is 1. The highest BCUT2D eigenvalue weighted by molar-refractivity contribution is 7.89. The van der Waals surface area contributed by atoms with Gasteiger partial charge in [-0.05, 0) is 37.0 Å². The van der Waals surface area contributed by atoms with Gasteiger partial charge < -0.3 is 10.5 Å². The molecule has 1 aliphatic heterocycles. The van der Waals surface area contributed by atoms with E-state index in [4.69, 9.17) is 22.1 Å². The SMILES string of the molecule is Nc1ccc(S(=O)(=O)NCCC2CCOC2)cc1Cl. The van der Waals surface area contributed by atoms with Crippen molar-refractivity contribution in [3.63, 3.8) is 0 Å². The number of rotatable bonds is 5. The predicted molar refractivity (Wildman–Crippen MR) is 74.6 cm³/mol. The van der Waals surface area contributed by atoms with Crippen molar-refractivity contribution in [1.29, 1.82) is 0 Å². The Balaban J connectivity index is 1.95. The molecule has 0 aromatic heterocycles. The second-order valence-electron chi connectivity index (χ2n) is 4.60. The lowest BCUT2D eigenvalue weighted by atomic mass is 10.1. The minimum absolute atomic E-state index is 0.134. The first-order valence-electron chi connectivity index (χ1n) is 6.11. The number of anilines is 1. The second kappa shape index (κ2) is 6.09. The van der Waals surface area contributed by atoms with Gasteiger partial charge in [0.1, 0.15) is 0 Å². The van der Waals surface area contributed by atoms with Crippen LogP contribution in [0.5, 0.6) is 0 Å². The van der Waals surface area contributed by atoms with Crippen LogP contribution in [0.1, 0.15) is 12.8 Å². The minimum atomic E-state index is -3.52. The monoisotopic (exact) mass is 304 g/mol. The summed E-state index contributed by atoms with van der Waals surface area (Å²) in [5.41, 5.74) is 5.92. The molecule has 19 heavy (non-hydrogen) atoms. The third kappa shape index (κ3) is 3.82. The molecule has 3 N–H and O–H groups in total. The fraction of sp³-hybridized carbons (Fsp3) is 0.500. The van der Waals surface area contributed by atoms with Gasteiger partial charge >= 0.3 is 0 Å². The number of hydrogen-bond acceptors (Lipinski definition) is 4. The van der Waals surface area contributed by atoms with Gasteiger partial charge in [0.05, 0.1) is 15.6 Å². The summed E-state index contributed by atoms with van der Waals surface area (Å²) in [5, 5.41) is 0.243. The van der Waals surface area contributed by atoms with Gasteiger partial charge in [-0.3, -0.25) is 0 Å². The maximum Gasteiger partial charge on any atom is 0.240 e. The summed E-state index contributed by atoms with van der Waals surface area (Å²) in [6.45, 7) is 1.89. The van der Waals surface area contributed by atoms with E-state index in [1.807, 2.05) is 0 Å².